The van der Waals surface area contributed by atoms with E-state index in [-0.39, 0.29) is 17.8 Å². The predicted molar refractivity (Wildman–Crippen MR) is 91.6 cm³/mol. The fourth-order valence-corrected chi connectivity index (χ4v) is 4.38. The minimum Gasteiger partial charge on any atom is -0.481 e. The summed E-state index contributed by atoms with van der Waals surface area (Å²) in [6.07, 6.45) is 4.92. The maximum Gasteiger partial charge on any atom is 0.308 e. The van der Waals surface area contributed by atoms with Crippen LogP contribution in [0, 0.1) is 11.7 Å². The summed E-state index contributed by atoms with van der Waals surface area (Å²) in [6, 6.07) is 6.87. The zero-order chi connectivity index (χ0) is 15.7. The Morgan fingerprint density at radius 2 is 2.09 bits per heavy atom. The van der Waals surface area contributed by atoms with E-state index in [1.807, 2.05) is 4.08 Å². The standard InChI is InChI=1S/C17H19FINO2/c18-12-4-2-11(3-5-12)14-10-13-6-7-15(16(14)17(21)22)20(13)9-1-8-19/h1-5,8,13-16H,6-7,9-10H2,(H,21,22)/t13-,14+,15+,16-/m0/s1. The van der Waals surface area contributed by atoms with Crippen molar-refractivity contribution < 1.29 is 14.3 Å². The third kappa shape index (κ3) is 2.93. The van der Waals surface area contributed by atoms with Crippen LogP contribution in [-0.2, 0) is 4.79 Å². The molecule has 0 saturated carbocycles. The Balaban J connectivity index is 1.90. The summed E-state index contributed by atoms with van der Waals surface area (Å²) >= 11 is 2.19. The molecule has 0 spiro atoms. The van der Waals surface area contributed by atoms with E-state index in [0.29, 0.717) is 6.04 Å². The van der Waals surface area contributed by atoms with Gasteiger partial charge >= 0.3 is 5.97 Å². The van der Waals surface area contributed by atoms with Crippen molar-refractivity contribution in [1.29, 1.82) is 0 Å². The van der Waals surface area contributed by atoms with Crippen molar-refractivity contribution in [3.63, 3.8) is 0 Å². The van der Waals surface area contributed by atoms with Crippen molar-refractivity contribution in [3.05, 3.63) is 45.8 Å². The number of piperidine rings is 1. The number of benzene rings is 1. The number of halogens is 2. The highest BCUT2D eigenvalue weighted by Gasteiger charge is 2.50. The van der Waals surface area contributed by atoms with E-state index in [1.165, 1.54) is 12.1 Å². The first-order valence-corrected chi connectivity index (χ1v) is 8.85. The fraction of sp³-hybridized carbons (Fsp3) is 0.471. The molecule has 0 radical (unpaired) electrons. The number of carbonyl (C=O) groups is 1. The second kappa shape index (κ2) is 6.66. The van der Waals surface area contributed by atoms with E-state index in [0.717, 1.165) is 31.4 Å². The molecule has 4 atom stereocenters. The maximum atomic E-state index is 13.1. The summed E-state index contributed by atoms with van der Waals surface area (Å²) in [5, 5.41) is 9.77. The Morgan fingerprint density at radius 1 is 1.36 bits per heavy atom. The number of rotatable bonds is 4. The minimum absolute atomic E-state index is 0.0181. The van der Waals surface area contributed by atoms with Gasteiger partial charge in [0.25, 0.3) is 0 Å². The molecule has 118 valence electrons. The van der Waals surface area contributed by atoms with Crippen molar-refractivity contribution in [2.75, 3.05) is 6.54 Å². The Bertz CT molecular complexity index is 575. The van der Waals surface area contributed by atoms with Crippen LogP contribution in [0.25, 0.3) is 0 Å². The monoisotopic (exact) mass is 415 g/mol. The average Bonchev–Trinajstić information content (AvgIpc) is 2.76. The van der Waals surface area contributed by atoms with Gasteiger partial charge in [-0.2, -0.15) is 0 Å². The van der Waals surface area contributed by atoms with Crippen LogP contribution < -0.4 is 0 Å². The highest BCUT2D eigenvalue weighted by Crippen LogP contribution is 2.46. The molecule has 2 fully saturated rings. The molecule has 0 aromatic heterocycles. The Kier molecular flexibility index (Phi) is 4.82. The van der Waals surface area contributed by atoms with Gasteiger partial charge in [-0.05, 0) is 41.0 Å². The number of carboxylic acid groups (broad SMARTS) is 1. The zero-order valence-electron chi connectivity index (χ0n) is 12.2. The third-order valence-corrected chi connectivity index (χ3v) is 5.56. The fourth-order valence-electron chi connectivity index (χ4n) is 4.15. The lowest BCUT2D eigenvalue weighted by Gasteiger charge is -2.42. The largest absolute Gasteiger partial charge is 0.481 e. The second-order valence-electron chi connectivity index (χ2n) is 6.11. The summed E-state index contributed by atoms with van der Waals surface area (Å²) in [4.78, 5) is 14.2. The molecule has 0 aliphatic carbocycles. The predicted octanol–water partition coefficient (Wildman–Crippen LogP) is 3.80. The van der Waals surface area contributed by atoms with Gasteiger partial charge in [-0.1, -0.05) is 40.8 Å². The molecule has 2 saturated heterocycles. The van der Waals surface area contributed by atoms with E-state index in [9.17, 15) is 14.3 Å². The van der Waals surface area contributed by atoms with Crippen LogP contribution >= 0.6 is 22.6 Å². The number of carboxylic acids is 1. The lowest BCUT2D eigenvalue weighted by atomic mass is 9.76. The molecule has 22 heavy (non-hydrogen) atoms. The van der Waals surface area contributed by atoms with Crippen molar-refractivity contribution in [3.8, 4) is 0 Å². The highest BCUT2D eigenvalue weighted by atomic mass is 127. The van der Waals surface area contributed by atoms with Crippen molar-refractivity contribution >= 4 is 28.6 Å². The summed E-state index contributed by atoms with van der Waals surface area (Å²) in [7, 11) is 0. The van der Waals surface area contributed by atoms with Crippen LogP contribution in [0.3, 0.4) is 0 Å². The summed E-state index contributed by atoms with van der Waals surface area (Å²) in [5.74, 6) is -1.44. The molecule has 5 heteroatoms. The van der Waals surface area contributed by atoms with Gasteiger partial charge in [0, 0.05) is 24.5 Å². The van der Waals surface area contributed by atoms with Gasteiger partial charge in [0.05, 0.1) is 5.92 Å². The molecule has 1 aromatic rings. The van der Waals surface area contributed by atoms with Crippen LogP contribution in [-0.4, -0.2) is 34.6 Å². The van der Waals surface area contributed by atoms with Gasteiger partial charge in [0.15, 0.2) is 0 Å². The molecule has 1 aromatic carbocycles. The van der Waals surface area contributed by atoms with E-state index in [4.69, 9.17) is 0 Å². The number of aliphatic carboxylic acids is 1. The van der Waals surface area contributed by atoms with E-state index in [2.05, 4.69) is 33.6 Å². The molecular weight excluding hydrogens is 396 g/mol. The molecule has 1 N–H and O–H groups in total. The smallest absolute Gasteiger partial charge is 0.308 e. The molecular formula is C17H19FINO2. The lowest BCUT2D eigenvalue weighted by molar-refractivity contribution is -0.146. The van der Waals surface area contributed by atoms with Crippen molar-refractivity contribution in [2.45, 2.75) is 37.3 Å². The third-order valence-electron chi connectivity index (χ3n) is 5.05. The molecule has 0 amide bonds. The first-order valence-electron chi connectivity index (χ1n) is 7.61. The topological polar surface area (TPSA) is 40.5 Å². The number of nitrogens with zero attached hydrogens (tertiary/aromatic N) is 1. The van der Waals surface area contributed by atoms with Gasteiger partial charge in [0.1, 0.15) is 5.82 Å². The van der Waals surface area contributed by atoms with Crippen LogP contribution in [0.15, 0.2) is 34.4 Å². The van der Waals surface area contributed by atoms with Crippen LogP contribution in [0.1, 0.15) is 30.7 Å². The molecule has 0 unspecified atom stereocenters. The molecule has 3 rings (SSSR count). The quantitative estimate of drug-likeness (QED) is 0.761. The van der Waals surface area contributed by atoms with E-state index >= 15 is 0 Å². The molecule has 2 aliphatic heterocycles. The van der Waals surface area contributed by atoms with Crippen molar-refractivity contribution in [1.82, 2.24) is 4.90 Å². The number of fused-ring (bicyclic) bond motifs is 2. The summed E-state index contributed by atoms with van der Waals surface area (Å²) < 4.78 is 15.1. The van der Waals surface area contributed by atoms with Gasteiger partial charge in [-0.3, -0.25) is 9.69 Å². The number of hydrogen-bond donors (Lipinski definition) is 1. The van der Waals surface area contributed by atoms with Crippen LogP contribution in [0.2, 0.25) is 0 Å². The van der Waals surface area contributed by atoms with Crippen molar-refractivity contribution in [2.24, 2.45) is 5.92 Å². The van der Waals surface area contributed by atoms with E-state index in [1.54, 1.807) is 12.1 Å². The zero-order valence-corrected chi connectivity index (χ0v) is 14.3. The molecule has 2 bridgehead atoms. The van der Waals surface area contributed by atoms with Gasteiger partial charge < -0.3 is 5.11 Å². The summed E-state index contributed by atoms with van der Waals surface area (Å²) in [6.45, 7) is 0.818. The Morgan fingerprint density at radius 3 is 2.73 bits per heavy atom. The molecule has 2 heterocycles. The summed E-state index contributed by atoms with van der Waals surface area (Å²) in [5.41, 5.74) is 0.954. The van der Waals surface area contributed by atoms with Gasteiger partial charge in [0.2, 0.25) is 0 Å². The first kappa shape index (κ1) is 15.9. The number of hydrogen-bond acceptors (Lipinski definition) is 2. The molecule has 3 nitrogen and oxygen atoms in total. The van der Waals surface area contributed by atoms with Crippen LogP contribution in [0.4, 0.5) is 4.39 Å². The van der Waals surface area contributed by atoms with Crippen LogP contribution in [0.5, 0.6) is 0 Å². The Labute approximate surface area is 143 Å². The van der Waals surface area contributed by atoms with Gasteiger partial charge in [-0.25, -0.2) is 4.39 Å². The van der Waals surface area contributed by atoms with E-state index < -0.39 is 11.9 Å². The minimum atomic E-state index is -0.733. The second-order valence-corrected chi connectivity index (χ2v) is 6.83. The Hall–Kier alpha value is -0.950. The van der Waals surface area contributed by atoms with Gasteiger partial charge in [-0.15, -0.1) is 0 Å². The average molecular weight is 415 g/mol. The SMILES string of the molecule is O=C(O)[C@H]1[C@@H](c2ccc(F)cc2)C[C@@H]2CC[C@H]1N2CC=CI. The highest BCUT2D eigenvalue weighted by molar-refractivity contribution is 14.1. The maximum absolute atomic E-state index is 13.1. The normalized spacial score (nSPS) is 31.7. The molecule has 2 aliphatic rings. The lowest BCUT2D eigenvalue weighted by Crippen LogP contribution is -2.50. The first-order chi connectivity index (χ1) is 10.6.